The smallest absolute Gasteiger partial charge is 0.400 e. The highest BCUT2D eigenvalue weighted by atomic mass is 16.5. The van der Waals surface area contributed by atoms with Gasteiger partial charge in [0.2, 0.25) is 0 Å². The molecule has 0 saturated carbocycles. The maximum atomic E-state index is 11.0. The van der Waals surface area contributed by atoms with Gasteiger partial charge in [-0.2, -0.15) is 0 Å². The topological polar surface area (TPSA) is 104 Å². The van der Waals surface area contributed by atoms with E-state index < -0.39 is 5.97 Å². The van der Waals surface area contributed by atoms with E-state index in [1.54, 1.807) is 0 Å². The van der Waals surface area contributed by atoms with E-state index in [4.69, 9.17) is 5.73 Å². The molecule has 1 aromatic rings. The normalized spacial score (nSPS) is 14.6. The highest BCUT2D eigenvalue weighted by molar-refractivity contribution is 6.35. The van der Waals surface area contributed by atoms with Crippen molar-refractivity contribution in [3.63, 3.8) is 0 Å². The van der Waals surface area contributed by atoms with Crippen LogP contribution in [0, 0.1) is 0 Å². The largest absolute Gasteiger partial charge is 0.462 e. The summed E-state index contributed by atoms with van der Waals surface area (Å²) in [6.07, 6.45) is 4.40. The van der Waals surface area contributed by atoms with Crippen molar-refractivity contribution >= 4 is 24.0 Å². The number of aliphatic imine (C=N–C) groups is 1. The molecule has 2 heterocycles. The molecular weight excluding hydrogens is 270 g/mol. The number of rotatable bonds is 4. The minimum atomic E-state index is -0.643. The number of amidine groups is 1. The minimum absolute atomic E-state index is 0.180. The highest BCUT2D eigenvalue weighted by Gasteiger charge is 2.11. The molecule has 0 amide bonds. The molecule has 1 aliphatic heterocycles. The Morgan fingerprint density at radius 2 is 2.48 bits per heavy atom. The van der Waals surface area contributed by atoms with Crippen molar-refractivity contribution in [3.05, 3.63) is 23.4 Å². The fourth-order valence-electron chi connectivity index (χ4n) is 2.05. The Kier molecular flexibility index (Phi) is 5.25. The summed E-state index contributed by atoms with van der Waals surface area (Å²) in [4.78, 5) is 22.3. The molecule has 0 bridgehead atoms. The van der Waals surface area contributed by atoms with E-state index in [0.29, 0.717) is 6.54 Å². The molecule has 21 heavy (non-hydrogen) atoms. The molecule has 0 atom stereocenters. The van der Waals surface area contributed by atoms with Crippen LogP contribution in [0.5, 0.6) is 0 Å². The van der Waals surface area contributed by atoms with Crippen molar-refractivity contribution in [1.29, 1.82) is 0 Å². The Hall–Kier alpha value is -2.44. The first kappa shape index (κ1) is 15.0. The van der Waals surface area contributed by atoms with Gasteiger partial charge >= 0.3 is 11.8 Å². The number of ether oxygens (including phenoxy) is 1. The van der Waals surface area contributed by atoms with Crippen LogP contribution in [0.1, 0.15) is 17.7 Å². The molecule has 7 nitrogen and oxygen atoms in total. The van der Waals surface area contributed by atoms with Crippen molar-refractivity contribution in [1.82, 2.24) is 4.98 Å². The summed E-state index contributed by atoms with van der Waals surface area (Å²) in [6.45, 7) is 1.64. The van der Waals surface area contributed by atoms with Gasteiger partial charge in [-0.25, -0.2) is 9.78 Å². The van der Waals surface area contributed by atoms with Gasteiger partial charge in [0, 0.05) is 18.7 Å². The average Bonchev–Trinajstić information content (AvgIpc) is 2.53. The van der Waals surface area contributed by atoms with Gasteiger partial charge in [0.05, 0.1) is 13.7 Å². The monoisotopic (exact) mass is 290 g/mol. The average molecular weight is 290 g/mol. The molecule has 0 spiro atoms. The Labute approximate surface area is 123 Å². The number of anilines is 1. The lowest BCUT2D eigenvalue weighted by atomic mass is 10.1. The van der Waals surface area contributed by atoms with Crippen LogP contribution in [0.2, 0.25) is 0 Å². The van der Waals surface area contributed by atoms with E-state index in [2.05, 4.69) is 31.1 Å². The summed E-state index contributed by atoms with van der Waals surface area (Å²) in [6, 6.07) is 4.17. The lowest BCUT2D eigenvalue weighted by Gasteiger charge is -2.17. The first-order chi connectivity index (χ1) is 10.2. The van der Waals surface area contributed by atoms with Crippen molar-refractivity contribution < 1.29 is 14.5 Å². The standard InChI is InChI=1S/C14H19N5O2/c1-21-14(20)12(15)18-9-16-8-6-11-5-4-10-3-2-7-17-13(10)19-11/h4-5,9H,2-3,6-8H2,1H3,(H,17,19)(H2,15,16,18)/p+1. The fraction of sp³-hybridized carbons (Fsp3) is 0.429. The molecule has 1 aliphatic rings. The van der Waals surface area contributed by atoms with Gasteiger partial charge in [-0.15, -0.1) is 0 Å². The van der Waals surface area contributed by atoms with Gasteiger partial charge in [-0.05, 0) is 29.5 Å². The molecular formula is C14H20N5O2+. The zero-order valence-electron chi connectivity index (χ0n) is 12.1. The molecule has 2 rings (SSSR count). The number of methoxy groups -OCH3 is 1. The molecule has 0 aromatic carbocycles. The van der Waals surface area contributed by atoms with Crippen molar-refractivity contribution in [2.24, 2.45) is 10.7 Å². The molecule has 7 heteroatoms. The van der Waals surface area contributed by atoms with Gasteiger partial charge < -0.3 is 15.8 Å². The van der Waals surface area contributed by atoms with Crippen molar-refractivity contribution in [2.45, 2.75) is 19.3 Å². The number of pyridine rings is 1. The number of fused-ring (bicyclic) bond motifs is 1. The Bertz CT molecular complexity index is 568. The van der Waals surface area contributed by atoms with Gasteiger partial charge in [0.25, 0.3) is 6.34 Å². The number of nitrogens with zero attached hydrogens (tertiary/aromatic N) is 2. The van der Waals surface area contributed by atoms with Gasteiger partial charge in [0.1, 0.15) is 5.82 Å². The van der Waals surface area contributed by atoms with Crippen LogP contribution in [0.25, 0.3) is 0 Å². The number of hydrogen-bond acceptors (Lipinski definition) is 4. The third-order valence-corrected chi connectivity index (χ3v) is 3.17. The Morgan fingerprint density at radius 1 is 1.62 bits per heavy atom. The summed E-state index contributed by atoms with van der Waals surface area (Å²) in [5, 5.41) is 3.31. The van der Waals surface area contributed by atoms with E-state index in [1.165, 1.54) is 19.0 Å². The molecule has 0 aliphatic carbocycles. The molecule has 0 saturated heterocycles. The van der Waals surface area contributed by atoms with Crippen LogP contribution in [-0.2, 0) is 22.4 Å². The lowest BCUT2D eigenvalue weighted by molar-refractivity contribution is -0.451. The number of hydrogen-bond donors (Lipinski definition) is 3. The quantitative estimate of drug-likeness (QED) is 0.360. The number of nitrogens with two attached hydrogens (primary N) is 1. The zero-order valence-corrected chi connectivity index (χ0v) is 12.1. The number of aromatic nitrogens is 1. The van der Waals surface area contributed by atoms with E-state index in [9.17, 15) is 4.79 Å². The molecule has 112 valence electrons. The van der Waals surface area contributed by atoms with Crippen LogP contribution >= 0.6 is 0 Å². The highest BCUT2D eigenvalue weighted by Crippen LogP contribution is 2.19. The van der Waals surface area contributed by atoms with Gasteiger partial charge in [-0.3, -0.25) is 4.99 Å². The SMILES string of the molecule is COC(=O)C(N)=NC=[NH+]CCc1ccc2c(n1)NCCC2. The molecule has 4 N–H and O–H groups in total. The molecule has 0 fully saturated rings. The molecule has 1 aromatic heterocycles. The fourth-order valence-corrected chi connectivity index (χ4v) is 2.05. The minimum Gasteiger partial charge on any atom is -0.462 e. The third-order valence-electron chi connectivity index (χ3n) is 3.17. The number of carbonyl (C=O) groups is 1. The second kappa shape index (κ2) is 7.37. The summed E-state index contributed by atoms with van der Waals surface area (Å²) >= 11 is 0. The molecule has 0 radical (unpaired) electrons. The van der Waals surface area contributed by atoms with Crippen molar-refractivity contribution in [2.75, 3.05) is 25.5 Å². The second-order valence-corrected chi connectivity index (χ2v) is 4.68. The van der Waals surface area contributed by atoms with Crippen LogP contribution in [-0.4, -0.2) is 43.3 Å². The summed E-state index contributed by atoms with van der Waals surface area (Å²) < 4.78 is 4.43. The van der Waals surface area contributed by atoms with Gasteiger partial charge in [0.15, 0.2) is 0 Å². The van der Waals surface area contributed by atoms with Crippen LogP contribution in [0.3, 0.4) is 0 Å². The van der Waals surface area contributed by atoms with E-state index in [1.807, 2.05) is 6.07 Å². The second-order valence-electron chi connectivity index (χ2n) is 4.68. The number of aryl methyl sites for hydroxylation is 1. The van der Waals surface area contributed by atoms with Crippen LogP contribution in [0.4, 0.5) is 5.82 Å². The maximum absolute atomic E-state index is 11.0. The predicted molar refractivity (Wildman–Crippen MR) is 80.3 cm³/mol. The van der Waals surface area contributed by atoms with Crippen LogP contribution < -0.4 is 16.0 Å². The zero-order chi connectivity index (χ0) is 15.1. The Morgan fingerprint density at radius 3 is 3.29 bits per heavy atom. The summed E-state index contributed by atoms with van der Waals surface area (Å²) in [5.74, 6) is 0.173. The summed E-state index contributed by atoms with van der Waals surface area (Å²) in [5.41, 5.74) is 7.67. The number of esters is 1. The Balaban J connectivity index is 1.85. The maximum Gasteiger partial charge on any atom is 0.400 e. The van der Waals surface area contributed by atoms with Crippen LogP contribution in [0.15, 0.2) is 17.1 Å². The lowest BCUT2D eigenvalue weighted by Crippen LogP contribution is -2.69. The van der Waals surface area contributed by atoms with E-state index >= 15 is 0 Å². The number of carbonyl (C=O) groups excluding carboxylic acids is 1. The first-order valence-electron chi connectivity index (χ1n) is 6.90. The van der Waals surface area contributed by atoms with Crippen molar-refractivity contribution in [3.8, 4) is 0 Å². The van der Waals surface area contributed by atoms with E-state index in [-0.39, 0.29) is 5.84 Å². The predicted octanol–water partition coefficient (Wildman–Crippen LogP) is -1.38. The number of nitrogens with one attached hydrogen (secondary N) is 2. The third kappa shape index (κ3) is 4.27. The summed E-state index contributed by atoms with van der Waals surface area (Å²) in [7, 11) is 1.26. The molecule has 0 unspecified atom stereocenters. The first-order valence-corrected chi connectivity index (χ1v) is 6.90. The van der Waals surface area contributed by atoms with E-state index in [0.717, 1.165) is 37.3 Å². The van der Waals surface area contributed by atoms with Gasteiger partial charge in [-0.1, -0.05) is 6.07 Å².